The van der Waals surface area contributed by atoms with Crippen molar-refractivity contribution in [3.63, 3.8) is 0 Å². The van der Waals surface area contributed by atoms with Gasteiger partial charge in [0, 0.05) is 24.2 Å². The number of hydrogen-bond acceptors (Lipinski definition) is 5. The summed E-state index contributed by atoms with van der Waals surface area (Å²) in [4.78, 5) is 16.0. The normalized spacial score (nSPS) is 10.8. The second-order valence-electron chi connectivity index (χ2n) is 5.46. The van der Waals surface area contributed by atoms with Crippen LogP contribution in [0, 0.1) is 0 Å². The summed E-state index contributed by atoms with van der Waals surface area (Å²) < 4.78 is 5.84. The molecule has 0 aliphatic rings. The summed E-state index contributed by atoms with van der Waals surface area (Å²) in [6.45, 7) is 1.87. The van der Waals surface area contributed by atoms with Crippen LogP contribution >= 0.6 is 0 Å². The third-order valence-electron chi connectivity index (χ3n) is 3.68. The molecule has 3 rings (SSSR count). The van der Waals surface area contributed by atoms with Gasteiger partial charge in [0.15, 0.2) is 11.5 Å². The Balaban J connectivity index is 2.12. The zero-order valence-corrected chi connectivity index (χ0v) is 13.5. The average molecular weight is 322 g/mol. The van der Waals surface area contributed by atoms with Crippen molar-refractivity contribution in [3.05, 3.63) is 59.9 Å². The smallest absolute Gasteiger partial charge is 0.181 e. The van der Waals surface area contributed by atoms with Gasteiger partial charge in [-0.3, -0.25) is 4.79 Å². The third kappa shape index (κ3) is 3.07. The average Bonchev–Trinajstić information content (AvgIpc) is 2.58. The van der Waals surface area contributed by atoms with Crippen molar-refractivity contribution >= 4 is 16.6 Å². The van der Waals surface area contributed by atoms with Gasteiger partial charge in [0.1, 0.15) is 17.2 Å². The molecule has 0 amide bonds. The van der Waals surface area contributed by atoms with E-state index in [0.717, 1.165) is 11.1 Å². The van der Waals surface area contributed by atoms with Crippen molar-refractivity contribution in [1.82, 2.24) is 10.3 Å². The summed E-state index contributed by atoms with van der Waals surface area (Å²) in [7, 11) is 1.80. The van der Waals surface area contributed by atoms with E-state index in [0.29, 0.717) is 23.4 Å². The number of nitrogens with zero attached hydrogens (tertiary/aromatic N) is 1. The molecule has 0 atom stereocenters. The van der Waals surface area contributed by atoms with Crippen molar-refractivity contribution in [2.24, 2.45) is 0 Å². The molecule has 5 heteroatoms. The molecule has 1 aromatic heterocycles. The number of Topliss-reactive ketones (excluding diaryl/α,β-unsaturated/α-hetero) is 1. The Labute approximate surface area is 139 Å². The number of fused-ring (bicyclic) bond motifs is 1. The maximum atomic E-state index is 11.7. The lowest BCUT2D eigenvalue weighted by Crippen LogP contribution is -2.10. The number of nitrogens with one attached hydrogen (secondary N) is 1. The summed E-state index contributed by atoms with van der Waals surface area (Å²) in [6, 6.07) is 14.8. The number of aromatic hydroxyl groups is 1. The zero-order valence-electron chi connectivity index (χ0n) is 13.5. The van der Waals surface area contributed by atoms with E-state index < -0.39 is 0 Å². The Bertz CT molecular complexity index is 892. The molecule has 0 bridgehead atoms. The Morgan fingerprint density at radius 2 is 1.88 bits per heavy atom. The zero-order chi connectivity index (χ0) is 17.1. The third-order valence-corrected chi connectivity index (χ3v) is 3.68. The first-order valence-corrected chi connectivity index (χ1v) is 7.64. The lowest BCUT2D eigenvalue weighted by molar-refractivity contribution is 0.101. The quantitative estimate of drug-likeness (QED) is 0.702. The molecule has 0 aliphatic heterocycles. The molecule has 3 aromatic rings. The number of pyridine rings is 1. The van der Waals surface area contributed by atoms with E-state index in [-0.39, 0.29) is 17.2 Å². The maximum Gasteiger partial charge on any atom is 0.181 e. The molecular weight excluding hydrogens is 304 g/mol. The van der Waals surface area contributed by atoms with E-state index in [4.69, 9.17) is 4.74 Å². The number of ketones is 1. The molecule has 0 fully saturated rings. The fourth-order valence-corrected chi connectivity index (χ4v) is 2.58. The second kappa shape index (κ2) is 6.68. The lowest BCUT2D eigenvalue weighted by atomic mass is 10.1. The number of carbonyl (C=O) groups is 1. The van der Waals surface area contributed by atoms with Crippen LogP contribution in [0.15, 0.2) is 48.5 Å². The number of rotatable bonds is 5. The van der Waals surface area contributed by atoms with Crippen molar-refractivity contribution in [3.8, 4) is 17.2 Å². The molecule has 0 radical (unpaired) electrons. The highest BCUT2D eigenvalue weighted by Gasteiger charge is 2.16. The van der Waals surface area contributed by atoms with E-state index in [1.807, 2.05) is 36.4 Å². The summed E-state index contributed by atoms with van der Waals surface area (Å²) in [5.74, 6) is 1.01. The summed E-state index contributed by atoms with van der Waals surface area (Å²) in [6.07, 6.45) is 0. The van der Waals surface area contributed by atoms with Crippen LogP contribution in [-0.2, 0) is 6.54 Å². The van der Waals surface area contributed by atoms with Gasteiger partial charge >= 0.3 is 0 Å². The van der Waals surface area contributed by atoms with Gasteiger partial charge in [-0.05, 0) is 37.4 Å². The topological polar surface area (TPSA) is 71.5 Å². The van der Waals surface area contributed by atoms with Crippen LogP contribution in [0.5, 0.6) is 17.2 Å². The lowest BCUT2D eigenvalue weighted by Gasteiger charge is -2.12. The Morgan fingerprint density at radius 1 is 1.12 bits per heavy atom. The molecule has 0 spiro atoms. The first-order valence-electron chi connectivity index (χ1n) is 7.64. The predicted octanol–water partition coefficient (Wildman–Crippen LogP) is 3.65. The number of aromatic nitrogens is 1. The van der Waals surface area contributed by atoms with E-state index in [2.05, 4.69) is 10.3 Å². The highest BCUT2D eigenvalue weighted by Crippen LogP contribution is 2.33. The van der Waals surface area contributed by atoms with Crippen LogP contribution in [0.2, 0.25) is 0 Å². The van der Waals surface area contributed by atoms with Gasteiger partial charge in [-0.25, -0.2) is 4.98 Å². The van der Waals surface area contributed by atoms with E-state index >= 15 is 0 Å². The van der Waals surface area contributed by atoms with Crippen molar-refractivity contribution in [2.75, 3.05) is 7.05 Å². The van der Waals surface area contributed by atoms with Gasteiger partial charge in [0.05, 0.1) is 5.69 Å². The summed E-state index contributed by atoms with van der Waals surface area (Å²) in [5.41, 5.74) is 0.776. The van der Waals surface area contributed by atoms with Crippen LogP contribution in [0.25, 0.3) is 10.8 Å². The fraction of sp³-hybridized carbons (Fsp3) is 0.158. The number of para-hydroxylation sites is 1. The van der Waals surface area contributed by atoms with E-state index in [9.17, 15) is 9.90 Å². The number of carbonyl (C=O) groups excluding carboxylic acids is 1. The van der Waals surface area contributed by atoms with Gasteiger partial charge in [-0.2, -0.15) is 0 Å². The van der Waals surface area contributed by atoms with Crippen LogP contribution < -0.4 is 10.1 Å². The van der Waals surface area contributed by atoms with Crippen molar-refractivity contribution in [1.29, 1.82) is 0 Å². The molecule has 5 nitrogen and oxygen atoms in total. The molecule has 24 heavy (non-hydrogen) atoms. The van der Waals surface area contributed by atoms with Crippen LogP contribution in [0.4, 0.5) is 0 Å². The molecule has 122 valence electrons. The molecule has 2 aromatic carbocycles. The van der Waals surface area contributed by atoms with Crippen LogP contribution in [-0.4, -0.2) is 22.9 Å². The monoisotopic (exact) mass is 322 g/mol. The van der Waals surface area contributed by atoms with E-state index in [1.54, 1.807) is 19.2 Å². The molecule has 1 heterocycles. The summed E-state index contributed by atoms with van der Waals surface area (Å²) >= 11 is 0. The molecule has 0 saturated heterocycles. The number of hydrogen-bond donors (Lipinski definition) is 2. The standard InChI is InChI=1S/C19H18N2O3/c1-12(22)18-19(23)15-9-8-14(24-13-6-4-3-5-7-13)10-16(15)17(21-18)11-20-2/h3-10,20,23H,11H2,1-2H3. The molecule has 0 unspecified atom stereocenters. The van der Waals surface area contributed by atoms with Crippen LogP contribution in [0.1, 0.15) is 23.1 Å². The summed E-state index contributed by atoms with van der Waals surface area (Å²) in [5, 5.41) is 14.7. The Kier molecular flexibility index (Phi) is 4.44. The van der Waals surface area contributed by atoms with Gasteiger partial charge < -0.3 is 15.2 Å². The van der Waals surface area contributed by atoms with Gasteiger partial charge in [0.2, 0.25) is 0 Å². The fourth-order valence-electron chi connectivity index (χ4n) is 2.58. The van der Waals surface area contributed by atoms with Crippen molar-refractivity contribution < 1.29 is 14.6 Å². The molecule has 2 N–H and O–H groups in total. The van der Waals surface area contributed by atoms with Crippen molar-refractivity contribution in [2.45, 2.75) is 13.5 Å². The minimum atomic E-state index is -0.267. The highest BCUT2D eigenvalue weighted by atomic mass is 16.5. The minimum Gasteiger partial charge on any atom is -0.505 e. The van der Waals surface area contributed by atoms with E-state index in [1.165, 1.54) is 6.92 Å². The number of benzene rings is 2. The highest BCUT2D eigenvalue weighted by molar-refractivity contribution is 6.02. The van der Waals surface area contributed by atoms with Crippen LogP contribution in [0.3, 0.4) is 0 Å². The molecule has 0 saturated carbocycles. The molecule has 0 aliphatic carbocycles. The predicted molar refractivity (Wildman–Crippen MR) is 92.7 cm³/mol. The second-order valence-corrected chi connectivity index (χ2v) is 5.46. The molecular formula is C19H18N2O3. The maximum absolute atomic E-state index is 11.7. The Hall–Kier alpha value is -2.92. The largest absolute Gasteiger partial charge is 0.505 e. The minimum absolute atomic E-state index is 0.0875. The van der Waals surface area contributed by atoms with Gasteiger partial charge in [-0.1, -0.05) is 18.2 Å². The number of ether oxygens (including phenoxy) is 1. The SMILES string of the molecule is CNCc1nc(C(C)=O)c(O)c2ccc(Oc3ccccc3)cc12. The van der Waals surface area contributed by atoms with Gasteiger partial charge in [-0.15, -0.1) is 0 Å². The first kappa shape index (κ1) is 16.0. The van der Waals surface area contributed by atoms with Gasteiger partial charge in [0.25, 0.3) is 0 Å². The Morgan fingerprint density at radius 3 is 2.54 bits per heavy atom. The first-order chi connectivity index (χ1) is 11.6.